The molecule has 3 N–H and O–H groups in total. The molecular weight excluding hydrogens is 348 g/mol. The monoisotopic (exact) mass is 356 g/mol. The van der Waals surface area contributed by atoms with Crippen molar-refractivity contribution in [2.45, 2.75) is 9.79 Å². The minimum Gasteiger partial charge on any atom is -0.409 e. The van der Waals surface area contributed by atoms with Crippen LogP contribution in [0.1, 0.15) is 5.56 Å². The Labute approximate surface area is 128 Å². The van der Waals surface area contributed by atoms with Crippen LogP contribution in [0, 0.1) is 0 Å². The highest BCUT2D eigenvalue weighted by atomic mass is 79.9. The van der Waals surface area contributed by atoms with E-state index in [1.807, 2.05) is 36.4 Å². The largest absolute Gasteiger partial charge is 0.409 e. The molecule has 0 aliphatic carbocycles. The van der Waals surface area contributed by atoms with Crippen molar-refractivity contribution >= 4 is 45.1 Å². The van der Waals surface area contributed by atoms with Gasteiger partial charge in [0, 0.05) is 24.8 Å². The maximum absolute atomic E-state index is 8.67. The summed E-state index contributed by atoms with van der Waals surface area (Å²) in [6, 6.07) is 13.3. The van der Waals surface area contributed by atoms with Gasteiger partial charge in [-0.3, -0.25) is 0 Å². The Morgan fingerprint density at radius 2 is 1.95 bits per heavy atom. The maximum atomic E-state index is 8.67. The van der Waals surface area contributed by atoms with Gasteiger partial charge in [-0.25, -0.2) is 0 Å². The number of halogens is 2. The molecule has 19 heavy (non-hydrogen) atoms. The lowest BCUT2D eigenvalue weighted by Gasteiger charge is -2.06. The quantitative estimate of drug-likeness (QED) is 0.371. The fraction of sp³-hybridized carbons (Fsp3) is 0. The van der Waals surface area contributed by atoms with Crippen LogP contribution >= 0.6 is 39.3 Å². The second-order valence-corrected chi connectivity index (χ2v) is 6.12. The number of hydrogen-bond acceptors (Lipinski definition) is 3. The summed E-state index contributed by atoms with van der Waals surface area (Å²) in [4.78, 5) is 2.08. The van der Waals surface area contributed by atoms with E-state index in [4.69, 9.17) is 22.5 Å². The van der Waals surface area contributed by atoms with Gasteiger partial charge in [-0.2, -0.15) is 0 Å². The second-order valence-electron chi connectivity index (χ2n) is 3.69. The molecule has 0 unspecified atom stereocenters. The average molecular weight is 358 g/mol. The van der Waals surface area contributed by atoms with Crippen LogP contribution in [-0.2, 0) is 0 Å². The number of amidine groups is 1. The van der Waals surface area contributed by atoms with Crippen LogP contribution in [0.15, 0.2) is 61.9 Å². The Balaban J connectivity index is 2.26. The number of benzene rings is 2. The molecule has 0 aliphatic rings. The Bertz CT molecular complexity index is 634. The van der Waals surface area contributed by atoms with Gasteiger partial charge in [0.05, 0.1) is 0 Å². The molecule has 98 valence electrons. The number of oxime groups is 1. The molecule has 3 nitrogen and oxygen atoms in total. The molecule has 0 aliphatic heterocycles. The molecular formula is C13H10BrClN2OS. The minimum atomic E-state index is 0.0752. The fourth-order valence-electron chi connectivity index (χ4n) is 1.49. The summed E-state index contributed by atoms with van der Waals surface area (Å²) < 4.78 is 0.773. The zero-order valence-corrected chi connectivity index (χ0v) is 12.8. The van der Waals surface area contributed by atoms with Gasteiger partial charge in [-0.15, -0.1) is 0 Å². The number of nitrogens with zero attached hydrogens (tertiary/aromatic N) is 1. The number of hydrogen-bond donors (Lipinski definition) is 2. The molecule has 0 saturated carbocycles. The van der Waals surface area contributed by atoms with E-state index in [0.717, 1.165) is 14.3 Å². The summed E-state index contributed by atoms with van der Waals surface area (Å²) in [6.45, 7) is 0. The van der Waals surface area contributed by atoms with Crippen molar-refractivity contribution in [3.63, 3.8) is 0 Å². The van der Waals surface area contributed by atoms with E-state index in [1.54, 1.807) is 17.8 Å². The number of nitrogens with two attached hydrogens (primary N) is 1. The molecule has 2 aromatic rings. The first-order chi connectivity index (χ1) is 9.10. The lowest BCUT2D eigenvalue weighted by Crippen LogP contribution is -2.13. The Hall–Kier alpha value is -1.17. The van der Waals surface area contributed by atoms with Crippen molar-refractivity contribution in [3.05, 3.63) is 57.5 Å². The molecule has 0 atom stereocenters. The highest BCUT2D eigenvalue weighted by Crippen LogP contribution is 2.32. The SMILES string of the molecule is N/C(=N/O)c1ccc(Sc2cccc(Cl)c2)cc1Br. The van der Waals surface area contributed by atoms with Crippen LogP contribution in [0.5, 0.6) is 0 Å². The first-order valence-electron chi connectivity index (χ1n) is 5.31. The molecule has 2 aromatic carbocycles. The minimum absolute atomic E-state index is 0.0752. The molecule has 6 heteroatoms. The molecule has 0 aromatic heterocycles. The van der Waals surface area contributed by atoms with Gasteiger partial charge in [-0.05, 0) is 52.3 Å². The fourth-order valence-corrected chi connectivity index (χ4v) is 3.39. The molecule has 0 spiro atoms. The molecule has 2 rings (SSSR count). The van der Waals surface area contributed by atoms with E-state index in [1.165, 1.54) is 0 Å². The first kappa shape index (κ1) is 14.2. The molecule has 0 radical (unpaired) electrons. The molecule has 0 heterocycles. The normalized spacial score (nSPS) is 11.6. The second kappa shape index (κ2) is 6.32. The van der Waals surface area contributed by atoms with E-state index < -0.39 is 0 Å². The smallest absolute Gasteiger partial charge is 0.171 e. The van der Waals surface area contributed by atoms with Gasteiger partial charge in [0.1, 0.15) is 0 Å². The summed E-state index contributed by atoms with van der Waals surface area (Å²) in [5, 5.41) is 12.4. The lowest BCUT2D eigenvalue weighted by molar-refractivity contribution is 0.318. The van der Waals surface area contributed by atoms with Gasteiger partial charge in [0.25, 0.3) is 0 Å². The van der Waals surface area contributed by atoms with Crippen molar-refractivity contribution in [1.82, 2.24) is 0 Å². The predicted octanol–water partition coefficient (Wildman–Crippen LogP) is 4.35. The standard InChI is InChI=1S/C13H10BrClN2OS/c14-12-7-10(4-5-11(12)13(16)17-18)19-9-3-1-2-8(15)6-9/h1-7,18H,(H2,16,17). The van der Waals surface area contributed by atoms with Crippen LogP contribution in [0.2, 0.25) is 5.02 Å². The van der Waals surface area contributed by atoms with Crippen LogP contribution in [0.25, 0.3) is 0 Å². The van der Waals surface area contributed by atoms with Crippen molar-refractivity contribution in [1.29, 1.82) is 0 Å². The number of rotatable bonds is 3. The average Bonchev–Trinajstić information content (AvgIpc) is 2.38. The van der Waals surface area contributed by atoms with Gasteiger partial charge in [0.15, 0.2) is 5.84 Å². The van der Waals surface area contributed by atoms with Crippen LogP contribution in [-0.4, -0.2) is 11.0 Å². The van der Waals surface area contributed by atoms with E-state index in [9.17, 15) is 0 Å². The van der Waals surface area contributed by atoms with Gasteiger partial charge < -0.3 is 10.9 Å². The van der Waals surface area contributed by atoms with E-state index in [-0.39, 0.29) is 5.84 Å². The van der Waals surface area contributed by atoms with Crippen molar-refractivity contribution < 1.29 is 5.21 Å². The Kier molecular flexibility index (Phi) is 4.74. The van der Waals surface area contributed by atoms with Crippen LogP contribution < -0.4 is 5.73 Å². The van der Waals surface area contributed by atoms with Crippen molar-refractivity contribution in [2.24, 2.45) is 10.9 Å². The van der Waals surface area contributed by atoms with Gasteiger partial charge in [0.2, 0.25) is 0 Å². The third-order valence-corrected chi connectivity index (χ3v) is 4.23. The highest BCUT2D eigenvalue weighted by molar-refractivity contribution is 9.10. The predicted molar refractivity (Wildman–Crippen MR) is 82.2 cm³/mol. The van der Waals surface area contributed by atoms with Crippen LogP contribution in [0.4, 0.5) is 0 Å². The Morgan fingerprint density at radius 3 is 2.58 bits per heavy atom. The summed E-state index contributed by atoms with van der Waals surface area (Å²) in [6.07, 6.45) is 0. The van der Waals surface area contributed by atoms with Gasteiger partial charge in [-0.1, -0.05) is 34.6 Å². The molecule has 0 saturated heterocycles. The molecule has 0 amide bonds. The zero-order valence-electron chi connectivity index (χ0n) is 9.68. The van der Waals surface area contributed by atoms with Crippen molar-refractivity contribution in [3.8, 4) is 0 Å². The summed E-state index contributed by atoms with van der Waals surface area (Å²) in [5.41, 5.74) is 6.21. The van der Waals surface area contributed by atoms with E-state index in [0.29, 0.717) is 10.6 Å². The zero-order chi connectivity index (χ0) is 13.8. The molecule has 0 fully saturated rings. The first-order valence-corrected chi connectivity index (χ1v) is 7.30. The van der Waals surface area contributed by atoms with Gasteiger partial charge >= 0.3 is 0 Å². The summed E-state index contributed by atoms with van der Waals surface area (Å²) >= 11 is 10.9. The van der Waals surface area contributed by atoms with E-state index >= 15 is 0 Å². The summed E-state index contributed by atoms with van der Waals surface area (Å²) in [7, 11) is 0. The third-order valence-electron chi connectivity index (χ3n) is 2.36. The van der Waals surface area contributed by atoms with E-state index in [2.05, 4.69) is 21.1 Å². The highest BCUT2D eigenvalue weighted by Gasteiger charge is 2.07. The topological polar surface area (TPSA) is 58.6 Å². The lowest BCUT2D eigenvalue weighted by atomic mass is 10.2. The summed E-state index contributed by atoms with van der Waals surface area (Å²) in [5.74, 6) is 0.0752. The van der Waals surface area contributed by atoms with Crippen molar-refractivity contribution in [2.75, 3.05) is 0 Å². The molecule has 0 bridgehead atoms. The third kappa shape index (κ3) is 3.65. The van der Waals surface area contributed by atoms with Crippen LogP contribution in [0.3, 0.4) is 0 Å². The maximum Gasteiger partial charge on any atom is 0.171 e. The Morgan fingerprint density at radius 1 is 1.21 bits per heavy atom.